The van der Waals surface area contributed by atoms with Gasteiger partial charge in [-0.2, -0.15) is 0 Å². The summed E-state index contributed by atoms with van der Waals surface area (Å²) in [7, 11) is -3.86. The van der Waals surface area contributed by atoms with Crippen molar-refractivity contribution in [3.8, 4) is 5.69 Å². The Hall–Kier alpha value is -4.18. The minimum Gasteiger partial charge on any atom is -0.334 e. The fourth-order valence-electron chi connectivity index (χ4n) is 3.14. The molecule has 9 nitrogen and oxygen atoms in total. The summed E-state index contributed by atoms with van der Waals surface area (Å²) in [6.07, 6.45) is 6.67. The van der Waals surface area contributed by atoms with Gasteiger partial charge in [0, 0.05) is 36.5 Å². The molecule has 0 atom stereocenters. The zero-order valence-electron chi connectivity index (χ0n) is 17.8. The number of carbonyl (C=O) groups excluding carboxylic acids is 1. The van der Waals surface area contributed by atoms with Crippen LogP contribution in [0.15, 0.2) is 90.5 Å². The van der Waals surface area contributed by atoms with Crippen molar-refractivity contribution in [3.63, 3.8) is 0 Å². The smallest absolute Gasteiger partial charge is 0.319 e. The van der Waals surface area contributed by atoms with E-state index in [1.54, 1.807) is 78.0 Å². The number of hydrogen-bond donors (Lipinski definition) is 3. The molecule has 2 aromatic carbocycles. The summed E-state index contributed by atoms with van der Waals surface area (Å²) in [6, 6.07) is 16.4. The molecule has 0 unspecified atom stereocenters. The lowest BCUT2D eigenvalue weighted by Crippen LogP contribution is -2.28. The van der Waals surface area contributed by atoms with Gasteiger partial charge in [-0.3, -0.25) is 9.71 Å². The highest BCUT2D eigenvalue weighted by Crippen LogP contribution is 2.24. The standard InChI is InChI=1S/C23H22N6O3S/c1-17-15-29(16-26-17)21-6-2-3-7-22(21)33(31,32)28-20-10-8-19(9-11-20)27-23(30)25-14-18-5-4-12-24-13-18/h2-13,15-16,28H,14H2,1H3,(H2,25,27,30). The maximum absolute atomic E-state index is 13.1. The van der Waals surface area contributed by atoms with Crippen LogP contribution in [0.25, 0.3) is 5.69 Å². The van der Waals surface area contributed by atoms with Crippen LogP contribution in [0, 0.1) is 6.92 Å². The second-order valence-corrected chi connectivity index (χ2v) is 8.89. The van der Waals surface area contributed by atoms with Gasteiger partial charge in [-0.15, -0.1) is 0 Å². The first-order valence-electron chi connectivity index (χ1n) is 10.1. The molecule has 4 aromatic rings. The first-order chi connectivity index (χ1) is 15.9. The van der Waals surface area contributed by atoms with E-state index in [0.717, 1.165) is 11.3 Å². The highest BCUT2D eigenvalue weighted by molar-refractivity contribution is 7.92. The van der Waals surface area contributed by atoms with E-state index in [2.05, 4.69) is 25.3 Å². The van der Waals surface area contributed by atoms with Crippen LogP contribution in [0.2, 0.25) is 0 Å². The molecule has 4 rings (SSSR count). The average molecular weight is 463 g/mol. The van der Waals surface area contributed by atoms with E-state index in [0.29, 0.717) is 23.6 Å². The van der Waals surface area contributed by atoms with Crippen LogP contribution in [0.4, 0.5) is 16.2 Å². The molecule has 3 N–H and O–H groups in total. The van der Waals surface area contributed by atoms with Gasteiger partial charge in [0.05, 0.1) is 17.7 Å². The number of sulfonamides is 1. The lowest BCUT2D eigenvalue weighted by atomic mass is 10.3. The predicted octanol–water partition coefficient (Wildman–Crippen LogP) is 3.70. The average Bonchev–Trinajstić information content (AvgIpc) is 3.26. The molecule has 0 fully saturated rings. The number of amides is 2. The van der Waals surface area contributed by atoms with Gasteiger partial charge < -0.3 is 15.2 Å². The highest BCUT2D eigenvalue weighted by Gasteiger charge is 2.19. The van der Waals surface area contributed by atoms with Gasteiger partial charge >= 0.3 is 6.03 Å². The summed E-state index contributed by atoms with van der Waals surface area (Å²) >= 11 is 0. The third kappa shape index (κ3) is 5.55. The van der Waals surface area contributed by atoms with Crippen molar-refractivity contribution in [2.24, 2.45) is 0 Å². The number of urea groups is 1. The molecule has 2 amide bonds. The minimum absolute atomic E-state index is 0.124. The summed E-state index contributed by atoms with van der Waals surface area (Å²) in [5, 5.41) is 5.45. The zero-order valence-corrected chi connectivity index (χ0v) is 18.6. The SMILES string of the molecule is Cc1cn(-c2ccccc2S(=O)(=O)Nc2ccc(NC(=O)NCc3cccnc3)cc2)cn1. The largest absolute Gasteiger partial charge is 0.334 e. The number of nitrogens with one attached hydrogen (secondary N) is 3. The van der Waals surface area contributed by atoms with Crippen LogP contribution >= 0.6 is 0 Å². The summed E-state index contributed by atoms with van der Waals surface area (Å²) in [6.45, 7) is 2.17. The number of para-hydroxylation sites is 1. The van der Waals surface area contributed by atoms with Gasteiger partial charge in [0.1, 0.15) is 4.90 Å². The highest BCUT2D eigenvalue weighted by atomic mass is 32.2. The van der Waals surface area contributed by atoms with E-state index >= 15 is 0 Å². The van der Waals surface area contributed by atoms with E-state index in [4.69, 9.17) is 0 Å². The normalized spacial score (nSPS) is 11.1. The fourth-order valence-corrected chi connectivity index (χ4v) is 4.41. The second-order valence-electron chi connectivity index (χ2n) is 7.24. The van der Waals surface area contributed by atoms with Gasteiger partial charge in [-0.05, 0) is 55.0 Å². The number of imidazole rings is 1. The molecule has 0 radical (unpaired) electrons. The van der Waals surface area contributed by atoms with Crippen molar-refractivity contribution in [1.82, 2.24) is 19.9 Å². The maximum atomic E-state index is 13.1. The molecular formula is C23H22N6O3S. The lowest BCUT2D eigenvalue weighted by molar-refractivity contribution is 0.251. The molecule has 33 heavy (non-hydrogen) atoms. The van der Waals surface area contributed by atoms with Crippen molar-refractivity contribution in [1.29, 1.82) is 0 Å². The Morgan fingerprint density at radius 3 is 2.45 bits per heavy atom. The number of aryl methyl sites for hydroxylation is 1. The van der Waals surface area contributed by atoms with Gasteiger partial charge in [-0.1, -0.05) is 18.2 Å². The van der Waals surface area contributed by atoms with Crippen molar-refractivity contribution in [2.75, 3.05) is 10.0 Å². The Morgan fingerprint density at radius 1 is 1.00 bits per heavy atom. The number of pyridine rings is 1. The number of nitrogens with zero attached hydrogens (tertiary/aromatic N) is 3. The molecule has 0 saturated carbocycles. The molecule has 0 saturated heterocycles. The van der Waals surface area contributed by atoms with Crippen LogP contribution in [0.1, 0.15) is 11.3 Å². The number of aromatic nitrogens is 3. The van der Waals surface area contributed by atoms with E-state index in [9.17, 15) is 13.2 Å². The Bertz CT molecular complexity index is 1350. The molecule has 168 valence electrons. The Labute approximate surface area is 191 Å². The summed E-state index contributed by atoms with van der Waals surface area (Å²) in [5.41, 5.74) is 3.05. The van der Waals surface area contributed by atoms with Crippen LogP contribution in [0.5, 0.6) is 0 Å². The number of hydrogen-bond acceptors (Lipinski definition) is 5. The van der Waals surface area contributed by atoms with Crippen LogP contribution in [-0.2, 0) is 16.6 Å². The molecular weight excluding hydrogens is 440 g/mol. The summed E-state index contributed by atoms with van der Waals surface area (Å²) in [4.78, 5) is 20.4. The molecule has 0 aliphatic carbocycles. The maximum Gasteiger partial charge on any atom is 0.319 e. The van der Waals surface area contributed by atoms with Gasteiger partial charge in [0.15, 0.2) is 0 Å². The number of rotatable bonds is 7. The molecule has 0 bridgehead atoms. The van der Waals surface area contributed by atoms with E-state index < -0.39 is 10.0 Å². The van der Waals surface area contributed by atoms with E-state index in [-0.39, 0.29) is 10.9 Å². The van der Waals surface area contributed by atoms with Crippen molar-refractivity contribution in [3.05, 3.63) is 96.8 Å². The molecule has 0 aliphatic heterocycles. The number of carbonyl (C=O) groups is 1. The first kappa shape index (κ1) is 22.0. The van der Waals surface area contributed by atoms with Crippen molar-refractivity contribution >= 4 is 27.4 Å². The van der Waals surface area contributed by atoms with Crippen LogP contribution < -0.4 is 15.4 Å². The molecule has 0 aliphatic rings. The van der Waals surface area contributed by atoms with Gasteiger partial charge in [0.25, 0.3) is 10.0 Å². The van der Waals surface area contributed by atoms with Crippen molar-refractivity contribution < 1.29 is 13.2 Å². The van der Waals surface area contributed by atoms with Crippen LogP contribution in [0.3, 0.4) is 0 Å². The first-order valence-corrected chi connectivity index (χ1v) is 11.6. The quantitative estimate of drug-likeness (QED) is 0.387. The Morgan fingerprint density at radius 2 is 1.76 bits per heavy atom. The van der Waals surface area contributed by atoms with Gasteiger partial charge in [0.2, 0.25) is 0 Å². The van der Waals surface area contributed by atoms with Crippen LogP contribution in [-0.4, -0.2) is 29.0 Å². The van der Waals surface area contributed by atoms with E-state index in [1.807, 2.05) is 13.0 Å². The predicted molar refractivity (Wildman–Crippen MR) is 126 cm³/mol. The Kier molecular flexibility index (Phi) is 6.36. The molecule has 0 spiro atoms. The van der Waals surface area contributed by atoms with E-state index in [1.165, 1.54) is 6.07 Å². The lowest BCUT2D eigenvalue weighted by Gasteiger charge is -2.13. The second kappa shape index (κ2) is 9.53. The molecule has 10 heteroatoms. The monoisotopic (exact) mass is 462 g/mol. The summed E-state index contributed by atoms with van der Waals surface area (Å²) in [5.74, 6) is 0. The molecule has 2 aromatic heterocycles. The topological polar surface area (TPSA) is 118 Å². The minimum atomic E-state index is -3.86. The van der Waals surface area contributed by atoms with Gasteiger partial charge in [-0.25, -0.2) is 18.2 Å². The number of benzene rings is 2. The molecule has 2 heterocycles. The third-order valence-electron chi connectivity index (χ3n) is 4.72. The van der Waals surface area contributed by atoms with Crippen molar-refractivity contribution in [2.45, 2.75) is 18.4 Å². The summed E-state index contributed by atoms with van der Waals surface area (Å²) < 4.78 is 30.4. The Balaban J connectivity index is 1.42. The number of anilines is 2. The zero-order chi connectivity index (χ0) is 23.3. The fraction of sp³-hybridized carbons (Fsp3) is 0.0870. The third-order valence-corrected chi connectivity index (χ3v) is 6.14.